The minimum atomic E-state index is -0.129. The third kappa shape index (κ3) is 6.16. The SMILES string of the molecule is CC(C)(C)c1cc2c3c(c1)N(c1cccc4c1oc1ccccc14)c1cc4c(cc1B3c1cc3c(cc1N2c1ccc2c(c1)C(C)(C)CCC2(C)C)C(C)(C)CCC3(C)C)C(C)(C)CCC4(C)C. The summed E-state index contributed by atoms with van der Waals surface area (Å²) in [4.78, 5) is 5.38. The Morgan fingerprint density at radius 2 is 0.882 bits per heavy atom. The number of para-hydroxylation sites is 2. The second-order valence-corrected chi connectivity index (χ2v) is 27.0. The number of benzene rings is 6. The molecule has 3 heterocycles. The maximum absolute atomic E-state index is 7.04. The molecule has 0 bridgehead atoms. The van der Waals surface area contributed by atoms with Crippen LogP contribution in [0, 0.1) is 0 Å². The molecule has 2 aliphatic heterocycles. The third-order valence-electron chi connectivity index (χ3n) is 18.6. The third-order valence-corrected chi connectivity index (χ3v) is 18.6. The molecule has 6 aromatic carbocycles. The molecular formula is C64H73BN2O. The van der Waals surface area contributed by atoms with Crippen LogP contribution in [0.3, 0.4) is 0 Å². The van der Waals surface area contributed by atoms with E-state index in [2.05, 4.69) is 211 Å². The number of hydrogen-bond donors (Lipinski definition) is 0. The highest BCUT2D eigenvalue weighted by atomic mass is 16.3. The van der Waals surface area contributed by atoms with Gasteiger partial charge in [-0.2, -0.15) is 0 Å². The van der Waals surface area contributed by atoms with Crippen LogP contribution in [0.1, 0.15) is 181 Å². The average molecular weight is 897 g/mol. The highest BCUT2D eigenvalue weighted by molar-refractivity contribution is 7.00. The number of fused-ring (bicyclic) bond motifs is 10. The summed E-state index contributed by atoms with van der Waals surface area (Å²) < 4.78 is 7.04. The van der Waals surface area contributed by atoms with Crippen molar-refractivity contribution in [3.63, 3.8) is 0 Å². The molecule has 0 atom stereocenters. The lowest BCUT2D eigenvalue weighted by molar-refractivity contribution is 0.332. The van der Waals surface area contributed by atoms with Crippen molar-refractivity contribution >= 4 is 79.2 Å². The first-order valence-electron chi connectivity index (χ1n) is 26.0. The van der Waals surface area contributed by atoms with Crippen molar-refractivity contribution in [2.24, 2.45) is 0 Å². The van der Waals surface area contributed by atoms with Gasteiger partial charge in [0.25, 0.3) is 6.71 Å². The van der Waals surface area contributed by atoms with E-state index in [1.54, 1.807) is 0 Å². The molecule has 0 unspecified atom stereocenters. The maximum Gasteiger partial charge on any atom is 0.252 e. The Bertz CT molecular complexity index is 3310. The van der Waals surface area contributed by atoms with Gasteiger partial charge in [0.1, 0.15) is 5.58 Å². The summed E-state index contributed by atoms with van der Waals surface area (Å²) in [7, 11) is 0. The van der Waals surface area contributed by atoms with Gasteiger partial charge in [0.05, 0.1) is 5.69 Å². The van der Waals surface area contributed by atoms with Crippen LogP contribution in [0.5, 0.6) is 0 Å². The topological polar surface area (TPSA) is 19.6 Å². The molecule has 12 rings (SSSR count). The maximum atomic E-state index is 7.04. The Morgan fingerprint density at radius 1 is 0.426 bits per heavy atom. The fraction of sp³-hybridized carbons (Fsp3) is 0.438. The molecule has 348 valence electrons. The summed E-state index contributed by atoms with van der Waals surface area (Å²) >= 11 is 0. The van der Waals surface area contributed by atoms with Crippen molar-refractivity contribution < 1.29 is 4.42 Å². The van der Waals surface area contributed by atoms with Crippen LogP contribution >= 0.6 is 0 Å². The van der Waals surface area contributed by atoms with E-state index >= 15 is 0 Å². The molecule has 7 aromatic rings. The predicted octanol–water partition coefficient (Wildman–Crippen LogP) is 16.0. The summed E-state index contributed by atoms with van der Waals surface area (Å²) in [6.07, 6.45) is 7.05. The number of anilines is 6. The smallest absolute Gasteiger partial charge is 0.252 e. The van der Waals surface area contributed by atoms with Gasteiger partial charge in [-0.1, -0.05) is 152 Å². The molecule has 3 nitrogen and oxygen atoms in total. The minimum Gasteiger partial charge on any atom is -0.454 e. The number of furan rings is 1. The fourth-order valence-corrected chi connectivity index (χ4v) is 13.7. The fourth-order valence-electron chi connectivity index (χ4n) is 13.7. The van der Waals surface area contributed by atoms with Crippen LogP contribution in [0.25, 0.3) is 21.9 Å². The van der Waals surface area contributed by atoms with E-state index < -0.39 is 0 Å². The molecule has 0 saturated carbocycles. The highest BCUT2D eigenvalue weighted by Crippen LogP contribution is 2.55. The van der Waals surface area contributed by atoms with Gasteiger partial charge in [0, 0.05) is 39.2 Å². The first-order chi connectivity index (χ1) is 31.8. The Balaban J connectivity index is 1.26. The van der Waals surface area contributed by atoms with Gasteiger partial charge in [-0.25, -0.2) is 0 Å². The van der Waals surface area contributed by atoms with Crippen LogP contribution in [0.2, 0.25) is 0 Å². The van der Waals surface area contributed by atoms with Crippen LogP contribution in [-0.2, 0) is 37.9 Å². The van der Waals surface area contributed by atoms with Gasteiger partial charge >= 0.3 is 0 Å². The second kappa shape index (κ2) is 13.8. The Labute approximate surface area is 407 Å². The van der Waals surface area contributed by atoms with E-state index in [1.165, 1.54) is 116 Å². The average Bonchev–Trinajstić information content (AvgIpc) is 3.66. The monoisotopic (exact) mass is 897 g/mol. The molecule has 0 saturated heterocycles. The van der Waals surface area contributed by atoms with Crippen molar-refractivity contribution in [2.45, 2.75) is 180 Å². The molecule has 0 N–H and O–H groups in total. The van der Waals surface area contributed by atoms with E-state index in [0.29, 0.717) is 0 Å². The van der Waals surface area contributed by atoms with Crippen molar-refractivity contribution in [1.82, 2.24) is 0 Å². The predicted molar refractivity (Wildman–Crippen MR) is 292 cm³/mol. The van der Waals surface area contributed by atoms with Crippen LogP contribution in [0.4, 0.5) is 34.1 Å². The molecule has 4 heteroatoms. The zero-order chi connectivity index (χ0) is 48.0. The molecule has 68 heavy (non-hydrogen) atoms. The zero-order valence-corrected chi connectivity index (χ0v) is 43.9. The largest absolute Gasteiger partial charge is 0.454 e. The van der Waals surface area contributed by atoms with Gasteiger partial charge in [-0.3, -0.25) is 0 Å². The lowest BCUT2D eigenvalue weighted by atomic mass is 9.32. The van der Waals surface area contributed by atoms with E-state index in [4.69, 9.17) is 4.42 Å². The first-order valence-corrected chi connectivity index (χ1v) is 26.0. The van der Waals surface area contributed by atoms with Gasteiger partial charge in [0.2, 0.25) is 0 Å². The highest BCUT2D eigenvalue weighted by Gasteiger charge is 2.50. The van der Waals surface area contributed by atoms with Gasteiger partial charge in [0.15, 0.2) is 5.58 Å². The van der Waals surface area contributed by atoms with Crippen LogP contribution in [0.15, 0.2) is 101 Å². The molecule has 1 aromatic heterocycles. The molecule has 0 spiro atoms. The van der Waals surface area contributed by atoms with Crippen LogP contribution < -0.4 is 26.2 Å². The van der Waals surface area contributed by atoms with E-state index in [1.807, 2.05) is 0 Å². The minimum absolute atomic E-state index is 0.0201. The van der Waals surface area contributed by atoms with Gasteiger partial charge in [-0.15, -0.1) is 0 Å². The van der Waals surface area contributed by atoms with E-state index in [0.717, 1.165) is 34.0 Å². The van der Waals surface area contributed by atoms with Crippen molar-refractivity contribution in [2.75, 3.05) is 9.80 Å². The summed E-state index contributed by atoms with van der Waals surface area (Å²) in [5.41, 5.74) is 24.2. The van der Waals surface area contributed by atoms with E-state index in [9.17, 15) is 0 Å². The molecule has 3 aliphatic carbocycles. The second-order valence-electron chi connectivity index (χ2n) is 27.0. The molecule has 0 radical (unpaired) electrons. The quantitative estimate of drug-likeness (QED) is 0.161. The van der Waals surface area contributed by atoms with Gasteiger partial charge in [-0.05, 0) is 180 Å². The summed E-state index contributed by atoms with van der Waals surface area (Å²) in [6, 6.07) is 38.9. The Kier molecular flexibility index (Phi) is 8.91. The molecule has 0 fully saturated rings. The van der Waals surface area contributed by atoms with Crippen LogP contribution in [-0.4, -0.2) is 6.71 Å². The Morgan fingerprint density at radius 3 is 1.43 bits per heavy atom. The first kappa shape index (κ1) is 44.0. The molecule has 5 aliphatic rings. The normalized spacial score (nSPS) is 20.8. The number of hydrogen-bond acceptors (Lipinski definition) is 3. The zero-order valence-electron chi connectivity index (χ0n) is 43.9. The number of rotatable bonds is 2. The summed E-state index contributed by atoms with van der Waals surface area (Å²) in [5, 5.41) is 2.32. The summed E-state index contributed by atoms with van der Waals surface area (Å²) in [6.45, 7) is 37.0. The molecule has 0 amide bonds. The van der Waals surface area contributed by atoms with E-state index in [-0.39, 0.29) is 44.6 Å². The molecular weight excluding hydrogens is 824 g/mol. The lowest BCUT2D eigenvalue weighted by Crippen LogP contribution is -2.62. The van der Waals surface area contributed by atoms with Crippen molar-refractivity contribution in [3.05, 3.63) is 136 Å². The summed E-state index contributed by atoms with van der Waals surface area (Å²) in [5.74, 6) is 0. The lowest BCUT2D eigenvalue weighted by Gasteiger charge is -2.49. The Hall–Kier alpha value is -5.22. The standard InChI is InChI=1S/C64H73BN2O/c1-58(2,3)38-31-53-56-54(32-38)67(50-21-18-20-41-40-19-16-17-22-55(40)68-57(41)50)52-37-47-45(62(10,11)28-30-64(47,14)15)35-49(52)65(56)48-34-44-46(63(12,13)29-27-61(44,8)9)36-51(48)66(53)39-23-24-42-43(33-39)60(6,7)26-25-59(42,4)5/h16-24,31-37H,25-30H2,1-15H3. The van der Waals surface area contributed by atoms with Crippen molar-refractivity contribution in [1.29, 1.82) is 0 Å². The van der Waals surface area contributed by atoms with Crippen molar-refractivity contribution in [3.8, 4) is 0 Å². The number of nitrogens with zero attached hydrogens (tertiary/aromatic N) is 2. The van der Waals surface area contributed by atoms with Gasteiger partial charge < -0.3 is 14.2 Å².